The minimum atomic E-state index is -4.06. The molecule has 0 aliphatic carbocycles. The van der Waals surface area contributed by atoms with Gasteiger partial charge in [0.05, 0.1) is 40.0 Å². The van der Waals surface area contributed by atoms with Crippen molar-refractivity contribution in [3.63, 3.8) is 0 Å². The number of carbonyl (C=O) groups excluding carboxylic acids is 3. The average molecular weight is 614 g/mol. The van der Waals surface area contributed by atoms with Gasteiger partial charge in [0.15, 0.2) is 4.47 Å². The Morgan fingerprint density at radius 2 is 1.73 bits per heavy atom. The normalized spacial score (nSPS) is 13.9. The van der Waals surface area contributed by atoms with E-state index in [9.17, 15) is 22.8 Å². The highest BCUT2D eigenvalue weighted by molar-refractivity contribution is 7.89. The molecule has 2 amide bonds. The van der Waals surface area contributed by atoms with Crippen molar-refractivity contribution in [3.05, 3.63) is 87.9 Å². The minimum Gasteiger partial charge on any atom is -0.494 e. The molecule has 0 radical (unpaired) electrons. The van der Waals surface area contributed by atoms with Crippen LogP contribution in [0.3, 0.4) is 0 Å². The second-order valence-electron chi connectivity index (χ2n) is 9.15. The zero-order valence-electron chi connectivity index (χ0n) is 21.7. The Balaban J connectivity index is 1.17. The third kappa shape index (κ3) is 6.25. The summed E-state index contributed by atoms with van der Waals surface area (Å²) in [6.07, 6.45) is 0.486. The Bertz CT molecular complexity index is 1700. The number of ether oxygens (including phenoxy) is 2. The maximum Gasteiger partial charge on any atom is 0.324 e. The molecule has 0 saturated carbocycles. The topological polar surface area (TPSA) is 132 Å². The molecule has 4 aromatic rings. The molecule has 5 rings (SSSR count). The Morgan fingerprint density at radius 1 is 1.05 bits per heavy atom. The molecule has 41 heavy (non-hydrogen) atoms. The van der Waals surface area contributed by atoms with Crippen molar-refractivity contribution >= 4 is 61.0 Å². The number of sulfonamides is 1. The molecular weight excluding hydrogens is 590 g/mol. The van der Waals surface area contributed by atoms with Crippen LogP contribution in [0.4, 0.5) is 0 Å². The van der Waals surface area contributed by atoms with E-state index in [1.165, 1.54) is 24.1 Å². The summed E-state index contributed by atoms with van der Waals surface area (Å²) in [6.45, 7) is 0.501. The molecule has 0 saturated heterocycles. The number of hydrogen-bond acceptors (Lipinski definition) is 9. The van der Waals surface area contributed by atoms with Crippen molar-refractivity contribution < 1.29 is 32.3 Å². The number of hydrogen-bond donors (Lipinski definition) is 1. The van der Waals surface area contributed by atoms with Crippen LogP contribution in [-0.2, 0) is 26.0 Å². The van der Waals surface area contributed by atoms with Gasteiger partial charge in [0.1, 0.15) is 11.8 Å². The number of carbonyl (C=O) groups is 3. The molecule has 2 heterocycles. The number of nitrogens with zero attached hydrogens (tertiary/aromatic N) is 2. The second-order valence-corrected chi connectivity index (χ2v) is 12.5. The van der Waals surface area contributed by atoms with E-state index >= 15 is 0 Å². The molecule has 212 valence electrons. The molecule has 3 aromatic carbocycles. The lowest BCUT2D eigenvalue weighted by Gasteiger charge is -2.17. The summed E-state index contributed by atoms with van der Waals surface area (Å²) >= 11 is 7.08. The van der Waals surface area contributed by atoms with Gasteiger partial charge < -0.3 is 9.47 Å². The lowest BCUT2D eigenvalue weighted by atomic mass is 10.1. The molecule has 0 fully saturated rings. The van der Waals surface area contributed by atoms with Crippen LogP contribution in [0.2, 0.25) is 4.47 Å². The van der Waals surface area contributed by atoms with E-state index in [1.54, 1.807) is 54.6 Å². The van der Waals surface area contributed by atoms with Crippen LogP contribution >= 0.6 is 22.9 Å². The summed E-state index contributed by atoms with van der Waals surface area (Å²) in [5.74, 6) is -0.801. The van der Waals surface area contributed by atoms with Gasteiger partial charge in [-0.2, -0.15) is 4.72 Å². The third-order valence-electron chi connectivity index (χ3n) is 6.46. The van der Waals surface area contributed by atoms with Crippen LogP contribution < -0.4 is 9.46 Å². The van der Waals surface area contributed by atoms with Gasteiger partial charge in [0, 0.05) is 6.54 Å². The molecule has 0 bridgehead atoms. The number of aromatic nitrogens is 1. The molecule has 1 aliphatic rings. The number of halogens is 1. The molecule has 0 spiro atoms. The molecule has 10 nitrogen and oxygen atoms in total. The lowest BCUT2D eigenvalue weighted by molar-refractivity contribution is -0.142. The van der Waals surface area contributed by atoms with E-state index in [4.69, 9.17) is 21.1 Å². The van der Waals surface area contributed by atoms with Crippen molar-refractivity contribution in [3.8, 4) is 5.75 Å². The summed E-state index contributed by atoms with van der Waals surface area (Å²) in [5, 5.41) is 0. The monoisotopic (exact) mass is 613 g/mol. The van der Waals surface area contributed by atoms with E-state index in [2.05, 4.69) is 9.71 Å². The first kappa shape index (κ1) is 28.7. The van der Waals surface area contributed by atoms with E-state index in [1.807, 2.05) is 0 Å². The predicted octanol–water partition coefficient (Wildman–Crippen LogP) is 4.08. The minimum absolute atomic E-state index is 0.0239. The zero-order valence-corrected chi connectivity index (χ0v) is 24.1. The summed E-state index contributed by atoms with van der Waals surface area (Å²) in [4.78, 5) is 42.7. The highest BCUT2D eigenvalue weighted by atomic mass is 35.5. The number of thiazole rings is 1. The molecule has 0 unspecified atom stereocenters. The van der Waals surface area contributed by atoms with Gasteiger partial charge in [-0.1, -0.05) is 35.9 Å². The van der Waals surface area contributed by atoms with Crippen molar-refractivity contribution in [1.29, 1.82) is 0 Å². The Kier molecular flexibility index (Phi) is 8.36. The Morgan fingerprint density at radius 3 is 2.39 bits per heavy atom. The van der Waals surface area contributed by atoms with E-state index in [0.717, 1.165) is 11.3 Å². The van der Waals surface area contributed by atoms with Gasteiger partial charge >= 0.3 is 5.97 Å². The molecule has 1 atom stereocenters. The van der Waals surface area contributed by atoms with Crippen LogP contribution in [0.1, 0.15) is 32.7 Å². The first-order chi connectivity index (χ1) is 19.7. The first-order valence-electron chi connectivity index (χ1n) is 12.5. The number of rotatable bonds is 11. The molecule has 1 N–H and O–H groups in total. The molecule has 1 aromatic heterocycles. The maximum absolute atomic E-state index is 13.1. The Labute approximate surface area is 244 Å². The summed E-state index contributed by atoms with van der Waals surface area (Å²) in [7, 11) is -2.88. The van der Waals surface area contributed by atoms with Gasteiger partial charge in [-0.05, 0) is 60.9 Å². The highest BCUT2D eigenvalue weighted by Crippen LogP contribution is 2.28. The number of amides is 2. The van der Waals surface area contributed by atoms with Crippen molar-refractivity contribution in [2.24, 2.45) is 0 Å². The standard InChI is InChI=1S/C28H24ClN3O7S2/c1-38-27(35)23(31-41(36,37)19-11-12-22-24(16-19)40-28(29)30-22)15-17-7-9-18(10-8-17)39-14-4-13-32-25(33)20-5-2-3-6-21(20)26(32)34/h2-3,5-12,16,23,31H,4,13-15H2,1H3/t23-/m1/s1. The molecule has 1 aliphatic heterocycles. The van der Waals surface area contributed by atoms with Crippen LogP contribution in [0.25, 0.3) is 10.2 Å². The smallest absolute Gasteiger partial charge is 0.324 e. The quantitative estimate of drug-likeness (QED) is 0.152. The van der Waals surface area contributed by atoms with Crippen molar-refractivity contribution in [1.82, 2.24) is 14.6 Å². The van der Waals surface area contributed by atoms with Gasteiger partial charge in [-0.3, -0.25) is 19.3 Å². The van der Waals surface area contributed by atoms with Crippen LogP contribution in [0.5, 0.6) is 5.75 Å². The maximum atomic E-state index is 13.1. The second kappa shape index (κ2) is 12.0. The van der Waals surface area contributed by atoms with Gasteiger partial charge in [0.2, 0.25) is 10.0 Å². The van der Waals surface area contributed by atoms with E-state index in [0.29, 0.717) is 43.5 Å². The highest BCUT2D eigenvalue weighted by Gasteiger charge is 2.34. The number of fused-ring (bicyclic) bond motifs is 2. The van der Waals surface area contributed by atoms with Gasteiger partial charge in [0.25, 0.3) is 11.8 Å². The fraction of sp³-hybridized carbons (Fsp3) is 0.214. The molecular formula is C28H24ClN3O7S2. The zero-order chi connectivity index (χ0) is 29.1. The number of imide groups is 1. The predicted molar refractivity (Wildman–Crippen MR) is 153 cm³/mol. The fourth-order valence-electron chi connectivity index (χ4n) is 4.43. The third-order valence-corrected chi connectivity index (χ3v) is 9.06. The van der Waals surface area contributed by atoms with Crippen LogP contribution in [-0.4, -0.2) is 62.4 Å². The average Bonchev–Trinajstić information content (AvgIpc) is 3.46. The van der Waals surface area contributed by atoms with Gasteiger partial charge in [-0.25, -0.2) is 13.4 Å². The summed E-state index contributed by atoms with van der Waals surface area (Å²) in [6, 6.07) is 16.8. The summed E-state index contributed by atoms with van der Waals surface area (Å²) < 4.78 is 40.1. The molecule has 13 heteroatoms. The SMILES string of the molecule is COC(=O)[C@@H](Cc1ccc(OCCCN2C(=O)c3ccccc3C2=O)cc1)NS(=O)(=O)c1ccc2nc(Cl)sc2c1. The number of methoxy groups -OCH3 is 1. The van der Waals surface area contributed by atoms with E-state index in [-0.39, 0.29) is 36.3 Å². The number of esters is 1. The number of nitrogens with one attached hydrogen (secondary N) is 1. The van der Waals surface area contributed by atoms with Crippen LogP contribution in [0.15, 0.2) is 71.6 Å². The Hall–Kier alpha value is -3.84. The van der Waals surface area contributed by atoms with Crippen molar-refractivity contribution in [2.45, 2.75) is 23.8 Å². The largest absolute Gasteiger partial charge is 0.494 e. The van der Waals surface area contributed by atoms with E-state index < -0.39 is 22.0 Å². The van der Waals surface area contributed by atoms with Gasteiger partial charge in [-0.15, -0.1) is 11.3 Å². The van der Waals surface area contributed by atoms with Crippen molar-refractivity contribution in [2.75, 3.05) is 20.3 Å². The first-order valence-corrected chi connectivity index (χ1v) is 15.2. The fourth-order valence-corrected chi connectivity index (χ4v) is 6.78. The summed E-state index contributed by atoms with van der Waals surface area (Å²) in [5.41, 5.74) is 2.07. The number of benzene rings is 3. The lowest BCUT2D eigenvalue weighted by Crippen LogP contribution is -2.42. The van der Waals surface area contributed by atoms with Crippen LogP contribution in [0, 0.1) is 0 Å².